The van der Waals surface area contributed by atoms with E-state index in [1.54, 1.807) is 12.1 Å². The van der Waals surface area contributed by atoms with Crippen LogP contribution in [-0.4, -0.2) is 0 Å². The van der Waals surface area contributed by atoms with Gasteiger partial charge in [0.1, 0.15) is 5.75 Å². The standard InChI is InChI=1S/C20H27F3O/c1-2-3-4-5-6-15-7-9-16(10-8-15)17-11-13-18(14-12-17)24-20(23)19(21)22/h11-16H,2-10H2,1H3/t15-,16-. The van der Waals surface area contributed by atoms with Gasteiger partial charge in [0, 0.05) is 0 Å². The quantitative estimate of drug-likeness (QED) is 0.355. The van der Waals surface area contributed by atoms with Crippen LogP contribution in [0.3, 0.4) is 0 Å². The van der Waals surface area contributed by atoms with Crippen molar-refractivity contribution in [2.75, 3.05) is 0 Å². The van der Waals surface area contributed by atoms with Crippen LogP contribution in [0.5, 0.6) is 5.75 Å². The molecule has 0 saturated heterocycles. The summed E-state index contributed by atoms with van der Waals surface area (Å²) in [6, 6.07) is 5.03. The van der Waals surface area contributed by atoms with E-state index in [1.807, 2.05) is 12.1 Å². The summed E-state index contributed by atoms with van der Waals surface area (Å²) in [5, 5.41) is 0. The molecule has 0 heterocycles. The molecular weight excluding hydrogens is 313 g/mol. The van der Waals surface area contributed by atoms with Crippen molar-refractivity contribution < 1.29 is 17.9 Å². The Kier molecular flexibility index (Phi) is 7.67. The first kappa shape index (κ1) is 18.9. The van der Waals surface area contributed by atoms with Gasteiger partial charge < -0.3 is 4.74 Å². The first-order valence-corrected chi connectivity index (χ1v) is 9.08. The first-order valence-electron chi connectivity index (χ1n) is 9.08. The fraction of sp³-hybridized carbons (Fsp3) is 0.600. The second kappa shape index (κ2) is 9.75. The van der Waals surface area contributed by atoms with E-state index in [0.717, 1.165) is 5.92 Å². The van der Waals surface area contributed by atoms with Crippen molar-refractivity contribution in [1.82, 2.24) is 0 Å². The Balaban J connectivity index is 1.78. The molecule has 1 aromatic carbocycles. The van der Waals surface area contributed by atoms with Gasteiger partial charge in [0.15, 0.2) is 0 Å². The van der Waals surface area contributed by atoms with Crippen molar-refractivity contribution in [3.05, 3.63) is 41.9 Å². The number of halogens is 3. The van der Waals surface area contributed by atoms with Gasteiger partial charge in [-0.25, -0.2) is 0 Å². The molecule has 1 fully saturated rings. The third kappa shape index (κ3) is 5.88. The number of hydrogen-bond acceptors (Lipinski definition) is 1. The average Bonchev–Trinajstić information content (AvgIpc) is 2.60. The third-order valence-corrected chi connectivity index (χ3v) is 5.02. The van der Waals surface area contributed by atoms with Crippen molar-refractivity contribution in [3.63, 3.8) is 0 Å². The van der Waals surface area contributed by atoms with Crippen molar-refractivity contribution >= 4 is 0 Å². The Morgan fingerprint density at radius 2 is 1.62 bits per heavy atom. The molecule has 1 aromatic rings. The molecule has 1 nitrogen and oxygen atoms in total. The summed E-state index contributed by atoms with van der Waals surface area (Å²) in [6.45, 7) is 2.24. The van der Waals surface area contributed by atoms with Gasteiger partial charge in [-0.05, 0) is 55.2 Å². The molecule has 1 saturated carbocycles. The van der Waals surface area contributed by atoms with E-state index in [0.29, 0.717) is 5.92 Å². The second-order valence-corrected chi connectivity index (χ2v) is 6.77. The van der Waals surface area contributed by atoms with Gasteiger partial charge in [0.2, 0.25) is 0 Å². The molecule has 2 rings (SSSR count). The van der Waals surface area contributed by atoms with Crippen LogP contribution in [0.25, 0.3) is 0 Å². The van der Waals surface area contributed by atoms with Crippen LogP contribution in [0.15, 0.2) is 36.4 Å². The number of ether oxygens (including phenoxy) is 1. The van der Waals surface area contributed by atoms with E-state index in [2.05, 4.69) is 11.7 Å². The first-order chi connectivity index (χ1) is 11.6. The molecule has 1 aliphatic carbocycles. The largest absolute Gasteiger partial charge is 0.428 e. The molecule has 1 aliphatic rings. The van der Waals surface area contributed by atoms with E-state index in [9.17, 15) is 13.2 Å². The summed E-state index contributed by atoms with van der Waals surface area (Å²) in [5.74, 6) is 1.48. The molecule has 134 valence electrons. The molecule has 0 spiro atoms. The molecule has 0 N–H and O–H groups in total. The van der Waals surface area contributed by atoms with Gasteiger partial charge >= 0.3 is 12.1 Å². The van der Waals surface area contributed by atoms with Crippen LogP contribution in [-0.2, 0) is 0 Å². The lowest BCUT2D eigenvalue weighted by atomic mass is 9.77. The normalized spacial score (nSPS) is 20.7. The molecular formula is C20H27F3O. The van der Waals surface area contributed by atoms with Crippen LogP contribution in [0, 0.1) is 5.92 Å². The van der Waals surface area contributed by atoms with Crippen molar-refractivity contribution in [3.8, 4) is 5.75 Å². The van der Waals surface area contributed by atoms with Gasteiger partial charge in [0.25, 0.3) is 0 Å². The highest BCUT2D eigenvalue weighted by molar-refractivity contribution is 5.30. The van der Waals surface area contributed by atoms with Crippen LogP contribution in [0.1, 0.15) is 76.2 Å². The summed E-state index contributed by atoms with van der Waals surface area (Å²) in [4.78, 5) is 0. The monoisotopic (exact) mass is 340 g/mol. The molecule has 0 atom stereocenters. The van der Waals surface area contributed by atoms with E-state index in [-0.39, 0.29) is 5.75 Å². The summed E-state index contributed by atoms with van der Waals surface area (Å²) in [6.07, 6.45) is 9.10. The highest BCUT2D eigenvalue weighted by Crippen LogP contribution is 2.38. The molecule has 4 heteroatoms. The predicted octanol–water partition coefficient (Wildman–Crippen LogP) is 7.34. The Labute approximate surface area is 142 Å². The zero-order valence-electron chi connectivity index (χ0n) is 14.4. The number of rotatable bonds is 8. The van der Waals surface area contributed by atoms with Crippen LogP contribution in [0.4, 0.5) is 13.2 Å². The SMILES string of the molecule is CCCCCC[C@H]1CC[C@H](c2ccc(OC(F)=C(F)F)cc2)CC1. The van der Waals surface area contributed by atoms with Gasteiger partial charge in [-0.1, -0.05) is 51.2 Å². The molecule has 0 aliphatic heterocycles. The summed E-state index contributed by atoms with van der Waals surface area (Å²) >= 11 is 0. The third-order valence-electron chi connectivity index (χ3n) is 5.02. The molecule has 0 bridgehead atoms. The Morgan fingerprint density at radius 3 is 2.21 bits per heavy atom. The second-order valence-electron chi connectivity index (χ2n) is 6.77. The maximum atomic E-state index is 12.8. The number of hydrogen-bond donors (Lipinski definition) is 0. The van der Waals surface area contributed by atoms with Crippen molar-refractivity contribution in [2.24, 2.45) is 5.92 Å². The number of unbranched alkanes of at least 4 members (excludes halogenated alkanes) is 3. The summed E-state index contributed by atoms with van der Waals surface area (Å²) in [5.41, 5.74) is 1.19. The van der Waals surface area contributed by atoms with Gasteiger partial charge in [-0.15, -0.1) is 0 Å². The minimum atomic E-state index is -2.43. The Bertz CT molecular complexity index is 512. The highest BCUT2D eigenvalue weighted by Gasteiger charge is 2.22. The maximum absolute atomic E-state index is 12.8. The number of benzene rings is 1. The zero-order valence-corrected chi connectivity index (χ0v) is 14.4. The maximum Gasteiger partial charge on any atom is 0.344 e. The minimum Gasteiger partial charge on any atom is -0.428 e. The zero-order chi connectivity index (χ0) is 17.4. The van der Waals surface area contributed by atoms with E-state index >= 15 is 0 Å². The van der Waals surface area contributed by atoms with Gasteiger partial charge in [-0.2, -0.15) is 13.2 Å². The van der Waals surface area contributed by atoms with Crippen LogP contribution >= 0.6 is 0 Å². The minimum absolute atomic E-state index is 0.105. The molecule has 24 heavy (non-hydrogen) atoms. The Morgan fingerprint density at radius 1 is 0.958 bits per heavy atom. The van der Waals surface area contributed by atoms with Crippen molar-refractivity contribution in [2.45, 2.75) is 70.6 Å². The highest BCUT2D eigenvalue weighted by atomic mass is 19.3. The fourth-order valence-corrected chi connectivity index (χ4v) is 3.59. The molecule has 0 amide bonds. The lowest BCUT2D eigenvalue weighted by Crippen LogP contribution is -2.13. The van der Waals surface area contributed by atoms with Crippen LogP contribution < -0.4 is 4.74 Å². The average molecular weight is 340 g/mol. The smallest absolute Gasteiger partial charge is 0.344 e. The van der Waals surface area contributed by atoms with E-state index in [4.69, 9.17) is 0 Å². The van der Waals surface area contributed by atoms with Gasteiger partial charge in [-0.3, -0.25) is 0 Å². The van der Waals surface area contributed by atoms with Crippen molar-refractivity contribution in [1.29, 1.82) is 0 Å². The molecule has 0 unspecified atom stereocenters. The Hall–Kier alpha value is -1.45. The van der Waals surface area contributed by atoms with Crippen LogP contribution in [0.2, 0.25) is 0 Å². The topological polar surface area (TPSA) is 9.23 Å². The van der Waals surface area contributed by atoms with Gasteiger partial charge in [0.05, 0.1) is 0 Å². The van der Waals surface area contributed by atoms with E-state index in [1.165, 1.54) is 63.4 Å². The lowest BCUT2D eigenvalue weighted by molar-refractivity contribution is 0.241. The predicted molar refractivity (Wildman–Crippen MR) is 90.9 cm³/mol. The molecule has 0 radical (unpaired) electrons. The summed E-state index contributed by atoms with van der Waals surface area (Å²) in [7, 11) is 0. The lowest BCUT2D eigenvalue weighted by Gasteiger charge is -2.29. The fourth-order valence-electron chi connectivity index (χ4n) is 3.59. The summed E-state index contributed by atoms with van der Waals surface area (Å²) < 4.78 is 41.3. The molecule has 0 aromatic heterocycles. The van der Waals surface area contributed by atoms with E-state index < -0.39 is 12.1 Å².